The summed E-state index contributed by atoms with van der Waals surface area (Å²) in [4.78, 5) is 36.8. The smallest absolute Gasteiger partial charge is 0.330 e. The number of esters is 1. The normalized spacial score (nSPS) is 32.1. The van der Waals surface area contributed by atoms with Crippen molar-refractivity contribution in [1.82, 2.24) is 9.55 Å². The molecule has 4 atom stereocenters. The van der Waals surface area contributed by atoms with E-state index in [1.54, 1.807) is 6.92 Å². The molecule has 2 rings (SSSR count). The summed E-state index contributed by atoms with van der Waals surface area (Å²) in [5.41, 5.74) is -2.05. The van der Waals surface area contributed by atoms with E-state index in [4.69, 9.17) is 9.47 Å². The van der Waals surface area contributed by atoms with Crippen LogP contribution >= 0.6 is 0 Å². The van der Waals surface area contributed by atoms with Crippen LogP contribution in [-0.2, 0) is 14.3 Å². The topological polar surface area (TPSA) is 90.4 Å². The molecule has 1 aromatic heterocycles. The first-order valence-corrected chi connectivity index (χ1v) is 6.96. The molecule has 1 fully saturated rings. The Morgan fingerprint density at radius 2 is 2.19 bits per heavy atom. The van der Waals surface area contributed by atoms with Crippen molar-refractivity contribution in [3.63, 3.8) is 0 Å². The van der Waals surface area contributed by atoms with Gasteiger partial charge in [0.25, 0.3) is 5.56 Å². The van der Waals surface area contributed by atoms with Crippen molar-refractivity contribution in [1.29, 1.82) is 0 Å². The molecule has 0 aliphatic carbocycles. The molecular formula is C14H20N2O5. The van der Waals surface area contributed by atoms with Crippen LogP contribution in [0.1, 0.15) is 40.3 Å². The Balaban J connectivity index is 2.51. The highest BCUT2D eigenvalue weighted by atomic mass is 16.6. The molecule has 7 nitrogen and oxygen atoms in total. The third-order valence-electron chi connectivity index (χ3n) is 4.13. The lowest BCUT2D eigenvalue weighted by Gasteiger charge is -2.33. The highest BCUT2D eigenvalue weighted by molar-refractivity contribution is 5.66. The van der Waals surface area contributed by atoms with Gasteiger partial charge < -0.3 is 9.47 Å². The van der Waals surface area contributed by atoms with Crippen LogP contribution in [0.2, 0.25) is 0 Å². The van der Waals surface area contributed by atoms with Gasteiger partial charge in [0.05, 0.1) is 6.10 Å². The Hall–Kier alpha value is -1.89. The van der Waals surface area contributed by atoms with Gasteiger partial charge in [-0.25, -0.2) is 4.79 Å². The van der Waals surface area contributed by atoms with Crippen LogP contribution in [0, 0.1) is 5.92 Å². The van der Waals surface area contributed by atoms with Gasteiger partial charge in [-0.3, -0.25) is 19.1 Å². The Morgan fingerprint density at radius 3 is 2.71 bits per heavy atom. The summed E-state index contributed by atoms with van der Waals surface area (Å²) in [6, 6.07) is 1.24. The van der Waals surface area contributed by atoms with Crippen LogP contribution in [0.3, 0.4) is 0 Å². The van der Waals surface area contributed by atoms with Crippen molar-refractivity contribution in [2.75, 3.05) is 0 Å². The predicted molar refractivity (Wildman–Crippen MR) is 74.9 cm³/mol. The Morgan fingerprint density at radius 1 is 1.52 bits per heavy atom. The Labute approximate surface area is 121 Å². The minimum Gasteiger partial charge on any atom is -0.454 e. The molecule has 1 aliphatic heterocycles. The molecule has 0 spiro atoms. The maximum atomic E-state index is 12.0. The van der Waals surface area contributed by atoms with Crippen molar-refractivity contribution in [2.45, 2.75) is 52.0 Å². The third kappa shape index (κ3) is 2.65. The average molecular weight is 296 g/mol. The second-order valence-corrected chi connectivity index (χ2v) is 5.52. The minimum atomic E-state index is -0.978. The molecule has 0 unspecified atom stereocenters. The van der Waals surface area contributed by atoms with Crippen LogP contribution in [0.4, 0.5) is 0 Å². The number of carbonyl (C=O) groups excluding carboxylic acids is 1. The van der Waals surface area contributed by atoms with Crippen molar-refractivity contribution in [3.05, 3.63) is 33.1 Å². The lowest BCUT2D eigenvalue weighted by atomic mass is 9.86. The van der Waals surface area contributed by atoms with E-state index in [0.717, 1.165) is 6.42 Å². The summed E-state index contributed by atoms with van der Waals surface area (Å²) in [7, 11) is 0. The fourth-order valence-electron chi connectivity index (χ4n) is 2.87. The second kappa shape index (κ2) is 5.48. The van der Waals surface area contributed by atoms with Gasteiger partial charge in [-0.2, -0.15) is 0 Å². The summed E-state index contributed by atoms with van der Waals surface area (Å²) in [6.45, 7) is 6.96. The standard InChI is InChI=1S/C14H20N2O5/c1-5-10-8(2)14(4,21-9(3)17)12(20-10)16-7-6-11(18)15-13(16)19/h6-8,10,12H,5H2,1-4H3,(H,15,18,19)/t8-,10-,12-,14-/m1/s1. The number of ether oxygens (including phenoxy) is 2. The number of hydrogen-bond donors (Lipinski definition) is 1. The van der Waals surface area contributed by atoms with E-state index in [1.807, 2.05) is 13.8 Å². The van der Waals surface area contributed by atoms with Crippen molar-refractivity contribution >= 4 is 5.97 Å². The molecule has 1 N–H and O–H groups in total. The number of hydrogen-bond acceptors (Lipinski definition) is 5. The summed E-state index contributed by atoms with van der Waals surface area (Å²) >= 11 is 0. The minimum absolute atomic E-state index is 0.0878. The number of carbonyl (C=O) groups is 1. The molecule has 0 saturated carbocycles. The lowest BCUT2D eigenvalue weighted by molar-refractivity contribution is -0.171. The number of aromatic nitrogens is 2. The fraction of sp³-hybridized carbons (Fsp3) is 0.643. The van der Waals surface area contributed by atoms with E-state index in [1.165, 1.54) is 23.8 Å². The van der Waals surface area contributed by atoms with Gasteiger partial charge in [0.1, 0.15) is 0 Å². The first kappa shape index (κ1) is 15.5. The van der Waals surface area contributed by atoms with E-state index in [0.29, 0.717) is 0 Å². The molecule has 7 heteroatoms. The highest BCUT2D eigenvalue weighted by Crippen LogP contribution is 2.45. The Bertz CT molecular complexity index is 649. The van der Waals surface area contributed by atoms with Crippen LogP contribution < -0.4 is 11.2 Å². The lowest BCUT2D eigenvalue weighted by Crippen LogP contribution is -2.46. The number of H-pyrrole nitrogens is 1. The molecule has 1 aromatic rings. The van der Waals surface area contributed by atoms with E-state index in [2.05, 4.69) is 4.98 Å². The molecule has 21 heavy (non-hydrogen) atoms. The van der Waals surface area contributed by atoms with Crippen molar-refractivity contribution in [3.8, 4) is 0 Å². The molecule has 116 valence electrons. The van der Waals surface area contributed by atoms with Gasteiger partial charge in [-0.05, 0) is 13.3 Å². The van der Waals surface area contributed by atoms with Gasteiger partial charge >= 0.3 is 11.7 Å². The fourth-order valence-corrected chi connectivity index (χ4v) is 2.87. The van der Waals surface area contributed by atoms with E-state index in [-0.39, 0.29) is 12.0 Å². The van der Waals surface area contributed by atoms with Crippen LogP contribution in [0.25, 0.3) is 0 Å². The maximum Gasteiger partial charge on any atom is 0.330 e. The average Bonchev–Trinajstić information content (AvgIpc) is 2.62. The zero-order valence-corrected chi connectivity index (χ0v) is 12.6. The number of nitrogens with zero attached hydrogens (tertiary/aromatic N) is 1. The van der Waals surface area contributed by atoms with Crippen LogP contribution in [0.5, 0.6) is 0 Å². The van der Waals surface area contributed by atoms with Crippen LogP contribution in [-0.4, -0.2) is 27.2 Å². The zero-order valence-electron chi connectivity index (χ0n) is 12.6. The Kier molecular flexibility index (Phi) is 4.04. The number of aromatic amines is 1. The second-order valence-electron chi connectivity index (χ2n) is 5.52. The summed E-state index contributed by atoms with van der Waals surface area (Å²) in [5.74, 6) is -0.526. The molecule has 0 aromatic carbocycles. The monoisotopic (exact) mass is 296 g/mol. The van der Waals surface area contributed by atoms with Crippen LogP contribution in [0.15, 0.2) is 21.9 Å². The highest BCUT2D eigenvalue weighted by Gasteiger charge is 2.54. The van der Waals surface area contributed by atoms with Gasteiger partial charge in [0.15, 0.2) is 11.8 Å². The van der Waals surface area contributed by atoms with Gasteiger partial charge in [0, 0.05) is 25.1 Å². The maximum absolute atomic E-state index is 12.0. The number of nitrogens with one attached hydrogen (secondary N) is 1. The summed E-state index contributed by atoms with van der Waals surface area (Å²) < 4.78 is 12.6. The van der Waals surface area contributed by atoms with E-state index >= 15 is 0 Å². The quantitative estimate of drug-likeness (QED) is 0.833. The predicted octanol–water partition coefficient (Wildman–Crippen LogP) is 0.802. The largest absolute Gasteiger partial charge is 0.454 e. The zero-order chi connectivity index (χ0) is 15.8. The molecule has 2 heterocycles. The van der Waals surface area contributed by atoms with Gasteiger partial charge in [-0.1, -0.05) is 13.8 Å². The molecule has 1 saturated heterocycles. The van der Waals surface area contributed by atoms with E-state index in [9.17, 15) is 14.4 Å². The van der Waals surface area contributed by atoms with Crippen molar-refractivity contribution in [2.24, 2.45) is 5.92 Å². The van der Waals surface area contributed by atoms with Gasteiger partial charge in [-0.15, -0.1) is 0 Å². The summed E-state index contributed by atoms with van der Waals surface area (Å²) in [5, 5.41) is 0. The molecular weight excluding hydrogens is 276 g/mol. The SMILES string of the molecule is CC[C@H]1O[C@@H](n2ccc(=O)[nH]c2=O)[C@](C)(OC(C)=O)[C@@H]1C. The first-order chi connectivity index (χ1) is 9.79. The first-order valence-electron chi connectivity index (χ1n) is 6.96. The molecule has 1 aliphatic rings. The van der Waals surface area contributed by atoms with Crippen molar-refractivity contribution < 1.29 is 14.3 Å². The van der Waals surface area contributed by atoms with Gasteiger partial charge in [0.2, 0.25) is 0 Å². The molecule has 0 amide bonds. The molecule has 0 bridgehead atoms. The number of rotatable bonds is 3. The van der Waals surface area contributed by atoms with E-state index < -0.39 is 29.0 Å². The summed E-state index contributed by atoms with van der Waals surface area (Å²) in [6.07, 6.45) is 1.18. The molecule has 0 radical (unpaired) electrons. The third-order valence-corrected chi connectivity index (χ3v) is 4.13.